The summed E-state index contributed by atoms with van der Waals surface area (Å²) in [4.78, 5) is 1.02. The Bertz CT molecular complexity index is 518. The maximum Gasteiger partial charge on any atom is 0.154 e. The molecule has 1 N–H and O–H groups in total. The normalized spacial score (nSPS) is 14.6. The van der Waals surface area contributed by atoms with Crippen molar-refractivity contribution in [2.24, 2.45) is 0 Å². The average Bonchev–Trinajstić information content (AvgIpc) is 2.57. The zero-order valence-corrected chi connectivity index (χ0v) is 16.3. The molecule has 19 heavy (non-hydrogen) atoms. The first-order chi connectivity index (χ1) is 8.61. The fraction of sp³-hybridized carbons (Fsp3) is 0.667. The van der Waals surface area contributed by atoms with E-state index in [0.29, 0.717) is 0 Å². The summed E-state index contributed by atoms with van der Waals surface area (Å²) in [5, 5.41) is 3.36. The van der Waals surface area contributed by atoms with Crippen molar-refractivity contribution in [3.63, 3.8) is 0 Å². The molecule has 1 aromatic rings. The minimum Gasteiger partial charge on any atom is -0.308 e. The molecule has 0 saturated carbocycles. The van der Waals surface area contributed by atoms with Gasteiger partial charge in [0.25, 0.3) is 0 Å². The van der Waals surface area contributed by atoms with Crippen molar-refractivity contribution >= 4 is 53.0 Å². The smallest absolute Gasteiger partial charge is 0.154 e. The molecule has 0 aliphatic carbocycles. The van der Waals surface area contributed by atoms with E-state index in [-0.39, 0.29) is 6.04 Å². The molecule has 0 aliphatic heterocycles. The molecule has 0 spiro atoms. The maximum atomic E-state index is 12.1. The van der Waals surface area contributed by atoms with Gasteiger partial charge in [0.05, 0.1) is 14.6 Å². The first-order valence-electron chi connectivity index (χ1n) is 5.99. The number of sulfone groups is 1. The van der Waals surface area contributed by atoms with E-state index >= 15 is 0 Å². The summed E-state index contributed by atoms with van der Waals surface area (Å²) in [5.74, 6) is 0. The van der Waals surface area contributed by atoms with Gasteiger partial charge < -0.3 is 5.32 Å². The molecule has 0 amide bonds. The van der Waals surface area contributed by atoms with Crippen LogP contribution in [-0.4, -0.2) is 26.0 Å². The van der Waals surface area contributed by atoms with Crippen molar-refractivity contribution in [2.75, 3.05) is 12.8 Å². The molecule has 1 rings (SSSR count). The Morgan fingerprint density at radius 1 is 1.42 bits per heavy atom. The van der Waals surface area contributed by atoms with Crippen LogP contribution in [0.4, 0.5) is 0 Å². The molecule has 0 aliphatic rings. The van der Waals surface area contributed by atoms with Crippen LogP contribution in [0.5, 0.6) is 0 Å². The Kier molecular flexibility index (Phi) is 6.08. The summed E-state index contributed by atoms with van der Waals surface area (Å²) in [6.07, 6.45) is 2.26. The third-order valence-corrected chi connectivity index (χ3v) is 8.67. The van der Waals surface area contributed by atoms with Crippen LogP contribution < -0.4 is 5.32 Å². The fourth-order valence-corrected chi connectivity index (χ4v) is 4.76. The predicted molar refractivity (Wildman–Crippen MR) is 89.7 cm³/mol. The van der Waals surface area contributed by atoms with Gasteiger partial charge >= 0.3 is 0 Å². The maximum absolute atomic E-state index is 12.1. The van der Waals surface area contributed by atoms with Crippen molar-refractivity contribution in [3.05, 3.63) is 19.2 Å². The predicted octanol–water partition coefficient (Wildman–Crippen LogP) is 4.14. The quantitative estimate of drug-likeness (QED) is 0.734. The Labute approximate surface area is 136 Å². The lowest BCUT2D eigenvalue weighted by Gasteiger charge is -2.32. The van der Waals surface area contributed by atoms with Gasteiger partial charge in [0.15, 0.2) is 9.84 Å². The molecule has 7 heteroatoms. The van der Waals surface area contributed by atoms with Crippen molar-refractivity contribution < 1.29 is 8.42 Å². The topological polar surface area (TPSA) is 46.2 Å². The molecular weight excluding hydrogens is 414 g/mol. The van der Waals surface area contributed by atoms with Crippen molar-refractivity contribution in [1.29, 1.82) is 0 Å². The number of halogens is 2. The molecule has 0 radical (unpaired) electrons. The molecular formula is C12H19Br2NO2S2. The molecule has 1 aromatic heterocycles. The fourth-order valence-electron chi connectivity index (χ4n) is 1.70. The van der Waals surface area contributed by atoms with E-state index in [1.165, 1.54) is 6.26 Å². The van der Waals surface area contributed by atoms with E-state index in [1.807, 2.05) is 6.07 Å². The molecule has 1 atom stereocenters. The zero-order chi connectivity index (χ0) is 14.8. The van der Waals surface area contributed by atoms with E-state index in [1.54, 1.807) is 25.2 Å². The summed E-state index contributed by atoms with van der Waals surface area (Å²) in [7, 11) is -3.17. The van der Waals surface area contributed by atoms with Gasteiger partial charge in [0.2, 0.25) is 0 Å². The lowest BCUT2D eigenvalue weighted by molar-refractivity contribution is 0.425. The van der Waals surface area contributed by atoms with Crippen LogP contribution in [0.1, 0.15) is 38.1 Å². The molecule has 1 heterocycles. The van der Waals surface area contributed by atoms with E-state index in [9.17, 15) is 8.42 Å². The number of hydrogen-bond acceptors (Lipinski definition) is 4. The highest BCUT2D eigenvalue weighted by atomic mass is 79.9. The van der Waals surface area contributed by atoms with Crippen molar-refractivity contribution in [3.8, 4) is 0 Å². The van der Waals surface area contributed by atoms with Crippen molar-refractivity contribution in [2.45, 2.75) is 38.0 Å². The summed E-state index contributed by atoms with van der Waals surface area (Å²) in [5.41, 5.74) is 0. The van der Waals surface area contributed by atoms with Gasteiger partial charge in [-0.1, -0.05) is 6.92 Å². The van der Waals surface area contributed by atoms with E-state index in [2.05, 4.69) is 44.1 Å². The molecule has 0 saturated heterocycles. The minimum absolute atomic E-state index is 0.213. The summed E-state index contributed by atoms with van der Waals surface area (Å²) < 4.78 is 25.2. The molecule has 1 unspecified atom stereocenters. The van der Waals surface area contributed by atoms with E-state index in [4.69, 9.17) is 0 Å². The van der Waals surface area contributed by atoms with Crippen LogP contribution >= 0.6 is 43.2 Å². The van der Waals surface area contributed by atoms with E-state index in [0.717, 1.165) is 26.1 Å². The summed E-state index contributed by atoms with van der Waals surface area (Å²) in [6, 6.07) is 1.77. The number of hydrogen-bond donors (Lipinski definition) is 1. The van der Waals surface area contributed by atoms with Crippen LogP contribution in [0, 0.1) is 0 Å². The number of thiophene rings is 1. The highest BCUT2D eigenvalue weighted by Crippen LogP contribution is 2.41. The molecule has 0 aromatic carbocycles. The third-order valence-electron chi connectivity index (χ3n) is 3.20. The number of rotatable bonds is 6. The average molecular weight is 433 g/mol. The second-order valence-electron chi connectivity index (χ2n) is 5.03. The highest BCUT2D eigenvalue weighted by molar-refractivity contribution is 9.13. The van der Waals surface area contributed by atoms with Gasteiger partial charge in [-0.15, -0.1) is 11.3 Å². The van der Waals surface area contributed by atoms with Crippen LogP contribution in [0.3, 0.4) is 0 Å². The van der Waals surface area contributed by atoms with Gasteiger partial charge in [0.1, 0.15) is 0 Å². The highest BCUT2D eigenvalue weighted by Gasteiger charge is 2.40. The second kappa shape index (κ2) is 6.56. The third kappa shape index (κ3) is 4.03. The molecule has 0 fully saturated rings. The monoisotopic (exact) mass is 431 g/mol. The SMILES string of the molecule is CCCNC(c1cc(Br)c(Br)s1)C(C)(C)S(C)(=O)=O. The Morgan fingerprint density at radius 2 is 2.00 bits per heavy atom. The Hall–Kier alpha value is 0.570. The minimum atomic E-state index is -3.17. The first kappa shape index (κ1) is 17.6. The molecule has 0 bridgehead atoms. The van der Waals surface area contributed by atoms with Gasteiger partial charge in [-0.3, -0.25) is 0 Å². The number of nitrogens with one attached hydrogen (secondary N) is 1. The standard InChI is InChI=1S/C12H19Br2NO2S2/c1-5-6-15-10(12(2,3)19(4,16)17)9-7-8(13)11(14)18-9/h7,10,15H,5-6H2,1-4H3. The Balaban J connectivity index is 3.22. The Morgan fingerprint density at radius 3 is 2.37 bits per heavy atom. The van der Waals surface area contributed by atoms with Crippen LogP contribution in [0.15, 0.2) is 14.3 Å². The van der Waals surface area contributed by atoms with Crippen LogP contribution in [0.25, 0.3) is 0 Å². The summed E-state index contributed by atoms with van der Waals surface area (Å²) in [6.45, 7) is 6.41. The van der Waals surface area contributed by atoms with Crippen molar-refractivity contribution in [1.82, 2.24) is 5.32 Å². The van der Waals surface area contributed by atoms with E-state index < -0.39 is 14.6 Å². The summed E-state index contributed by atoms with van der Waals surface area (Å²) >= 11 is 8.48. The second-order valence-corrected chi connectivity index (χ2v) is 10.9. The first-order valence-corrected chi connectivity index (χ1v) is 10.3. The van der Waals surface area contributed by atoms with Gasteiger partial charge in [-0.2, -0.15) is 0 Å². The van der Waals surface area contributed by atoms with Crippen LogP contribution in [-0.2, 0) is 9.84 Å². The van der Waals surface area contributed by atoms with Gasteiger partial charge in [-0.05, 0) is 64.7 Å². The van der Waals surface area contributed by atoms with Crippen LogP contribution in [0.2, 0.25) is 0 Å². The van der Waals surface area contributed by atoms with Gasteiger partial charge in [0, 0.05) is 15.6 Å². The lowest BCUT2D eigenvalue weighted by Crippen LogP contribution is -2.44. The largest absolute Gasteiger partial charge is 0.308 e. The lowest BCUT2D eigenvalue weighted by atomic mass is 10.0. The zero-order valence-electron chi connectivity index (χ0n) is 11.5. The van der Waals surface area contributed by atoms with Gasteiger partial charge in [-0.25, -0.2) is 8.42 Å². The molecule has 3 nitrogen and oxygen atoms in total. The molecule has 110 valence electrons.